The van der Waals surface area contributed by atoms with E-state index < -0.39 is 12.0 Å². The molecule has 0 bridgehead atoms. The summed E-state index contributed by atoms with van der Waals surface area (Å²) < 4.78 is 0. The largest absolute Gasteiger partial charge is 0.479 e. The first-order chi connectivity index (χ1) is 9.39. The molecule has 6 heteroatoms. The molecule has 110 valence electrons. The number of carboxylic acids is 1. The second-order valence-electron chi connectivity index (χ2n) is 5.93. The van der Waals surface area contributed by atoms with Gasteiger partial charge in [0.25, 0.3) is 0 Å². The number of piperidine rings is 1. The van der Waals surface area contributed by atoms with E-state index in [2.05, 4.69) is 19.2 Å². The van der Waals surface area contributed by atoms with Gasteiger partial charge in [-0.25, -0.2) is 9.59 Å². The van der Waals surface area contributed by atoms with Gasteiger partial charge in [0.05, 0.1) is 0 Å². The van der Waals surface area contributed by atoms with Crippen molar-refractivity contribution in [2.24, 2.45) is 5.41 Å². The summed E-state index contributed by atoms with van der Waals surface area (Å²) in [4.78, 5) is 25.9. The van der Waals surface area contributed by atoms with E-state index in [0.717, 1.165) is 12.8 Å². The van der Waals surface area contributed by atoms with Crippen molar-refractivity contribution in [2.75, 3.05) is 13.1 Å². The maximum absolute atomic E-state index is 12.3. The van der Waals surface area contributed by atoms with Gasteiger partial charge in [0.2, 0.25) is 0 Å². The topological polar surface area (TPSA) is 69.6 Å². The van der Waals surface area contributed by atoms with E-state index in [1.54, 1.807) is 22.4 Å². The molecular formula is C14H20N2O3S. The summed E-state index contributed by atoms with van der Waals surface area (Å²) in [6.45, 7) is 5.60. The number of hydrogen-bond acceptors (Lipinski definition) is 3. The van der Waals surface area contributed by atoms with Gasteiger partial charge in [-0.2, -0.15) is 0 Å². The smallest absolute Gasteiger partial charge is 0.331 e. The van der Waals surface area contributed by atoms with Gasteiger partial charge in [0.1, 0.15) is 0 Å². The first-order valence-corrected chi connectivity index (χ1v) is 7.59. The lowest BCUT2D eigenvalue weighted by molar-refractivity contribution is -0.139. The summed E-state index contributed by atoms with van der Waals surface area (Å²) in [5.74, 6) is -1.03. The fourth-order valence-corrected chi connectivity index (χ4v) is 3.29. The molecule has 1 saturated heterocycles. The minimum absolute atomic E-state index is 0.0945. The first kappa shape index (κ1) is 14.8. The summed E-state index contributed by atoms with van der Waals surface area (Å²) in [5.41, 5.74) is 0.0945. The van der Waals surface area contributed by atoms with Gasteiger partial charge in [-0.15, -0.1) is 11.3 Å². The molecule has 1 aromatic rings. The van der Waals surface area contributed by atoms with Crippen molar-refractivity contribution in [3.05, 3.63) is 22.4 Å². The van der Waals surface area contributed by atoms with Gasteiger partial charge >= 0.3 is 12.0 Å². The van der Waals surface area contributed by atoms with Crippen LogP contribution in [0.3, 0.4) is 0 Å². The number of likely N-dealkylation sites (tertiary alicyclic amines) is 1. The minimum atomic E-state index is -1.03. The minimum Gasteiger partial charge on any atom is -0.479 e. The Morgan fingerprint density at radius 3 is 2.80 bits per heavy atom. The van der Waals surface area contributed by atoms with Gasteiger partial charge in [-0.05, 0) is 29.7 Å². The van der Waals surface area contributed by atoms with E-state index in [4.69, 9.17) is 0 Å². The Bertz CT molecular complexity index is 485. The van der Waals surface area contributed by atoms with Gasteiger partial charge in [0.15, 0.2) is 6.04 Å². The van der Waals surface area contributed by atoms with Crippen LogP contribution in [0.2, 0.25) is 0 Å². The second kappa shape index (κ2) is 5.83. The molecule has 5 nitrogen and oxygen atoms in total. The molecule has 0 aliphatic carbocycles. The highest BCUT2D eigenvalue weighted by Gasteiger charge is 2.31. The normalized spacial score (nSPS) is 19.4. The molecule has 1 atom stereocenters. The van der Waals surface area contributed by atoms with Crippen LogP contribution < -0.4 is 5.32 Å². The Labute approximate surface area is 122 Å². The molecule has 0 radical (unpaired) electrons. The lowest BCUT2D eigenvalue weighted by Gasteiger charge is -2.38. The lowest BCUT2D eigenvalue weighted by atomic mass is 9.84. The predicted octanol–water partition coefficient (Wildman–Crippen LogP) is 2.71. The van der Waals surface area contributed by atoms with Crippen molar-refractivity contribution in [1.82, 2.24) is 10.2 Å². The molecule has 2 N–H and O–H groups in total. The molecular weight excluding hydrogens is 276 g/mol. The number of nitrogens with zero attached hydrogens (tertiary/aromatic N) is 1. The van der Waals surface area contributed by atoms with Crippen molar-refractivity contribution < 1.29 is 14.7 Å². The molecule has 0 aromatic carbocycles. The van der Waals surface area contributed by atoms with Crippen LogP contribution in [0.25, 0.3) is 0 Å². The quantitative estimate of drug-likeness (QED) is 0.901. The molecule has 2 heterocycles. The SMILES string of the molecule is CC1(C)CCCN(C(=O)NC(C(=O)O)c2cccs2)C1. The maximum atomic E-state index is 12.3. The average molecular weight is 296 g/mol. The summed E-state index contributed by atoms with van der Waals surface area (Å²) in [6.07, 6.45) is 2.04. The zero-order chi connectivity index (χ0) is 14.8. The lowest BCUT2D eigenvalue weighted by Crippen LogP contribution is -2.49. The zero-order valence-electron chi connectivity index (χ0n) is 11.8. The number of aliphatic carboxylic acids is 1. The fourth-order valence-electron chi connectivity index (χ4n) is 2.52. The highest BCUT2D eigenvalue weighted by molar-refractivity contribution is 7.10. The third-order valence-corrected chi connectivity index (χ3v) is 4.47. The van der Waals surface area contributed by atoms with Crippen LogP contribution in [0.15, 0.2) is 17.5 Å². The van der Waals surface area contributed by atoms with E-state index in [9.17, 15) is 14.7 Å². The summed E-state index contributed by atoms with van der Waals surface area (Å²) in [7, 11) is 0. The average Bonchev–Trinajstić information content (AvgIpc) is 2.87. The summed E-state index contributed by atoms with van der Waals surface area (Å²) in [5, 5.41) is 13.7. The highest BCUT2D eigenvalue weighted by Crippen LogP contribution is 2.28. The molecule has 1 aliphatic rings. The van der Waals surface area contributed by atoms with Crippen LogP contribution >= 0.6 is 11.3 Å². The molecule has 2 rings (SSSR count). The van der Waals surface area contributed by atoms with E-state index in [-0.39, 0.29) is 11.4 Å². The Morgan fingerprint density at radius 1 is 1.50 bits per heavy atom. The van der Waals surface area contributed by atoms with Crippen LogP contribution in [0.5, 0.6) is 0 Å². The van der Waals surface area contributed by atoms with Gasteiger partial charge in [-0.1, -0.05) is 19.9 Å². The number of thiophene rings is 1. The standard InChI is InChI=1S/C14H20N2O3S/c1-14(2)6-4-7-16(9-14)13(19)15-11(12(17)18)10-5-3-8-20-10/h3,5,8,11H,4,6-7,9H2,1-2H3,(H,15,19)(H,17,18). The molecule has 1 aliphatic heterocycles. The van der Waals surface area contributed by atoms with Crippen LogP contribution in [0.4, 0.5) is 4.79 Å². The number of carbonyl (C=O) groups is 2. The molecule has 2 amide bonds. The number of carboxylic acid groups (broad SMARTS) is 1. The van der Waals surface area contributed by atoms with Crippen molar-refractivity contribution in [2.45, 2.75) is 32.7 Å². The highest BCUT2D eigenvalue weighted by atomic mass is 32.1. The van der Waals surface area contributed by atoms with Crippen LogP contribution in [0, 0.1) is 5.41 Å². The van der Waals surface area contributed by atoms with E-state index in [1.165, 1.54) is 11.3 Å². The number of hydrogen-bond donors (Lipinski definition) is 2. The molecule has 1 aromatic heterocycles. The Hall–Kier alpha value is -1.56. The van der Waals surface area contributed by atoms with Crippen LogP contribution in [-0.4, -0.2) is 35.1 Å². The molecule has 0 spiro atoms. The monoisotopic (exact) mass is 296 g/mol. The van der Waals surface area contributed by atoms with E-state index in [0.29, 0.717) is 18.0 Å². The number of urea groups is 1. The number of nitrogens with one attached hydrogen (secondary N) is 1. The van der Waals surface area contributed by atoms with Gasteiger partial charge < -0.3 is 15.3 Å². The molecule has 20 heavy (non-hydrogen) atoms. The predicted molar refractivity (Wildman–Crippen MR) is 77.8 cm³/mol. The summed E-state index contributed by atoms with van der Waals surface area (Å²) >= 11 is 1.33. The van der Waals surface area contributed by atoms with Crippen molar-refractivity contribution in [3.8, 4) is 0 Å². The van der Waals surface area contributed by atoms with Crippen molar-refractivity contribution in [3.63, 3.8) is 0 Å². The first-order valence-electron chi connectivity index (χ1n) is 6.71. The van der Waals surface area contributed by atoms with E-state index >= 15 is 0 Å². The Kier molecular flexibility index (Phi) is 4.32. The fraction of sp³-hybridized carbons (Fsp3) is 0.571. The van der Waals surface area contributed by atoms with Crippen LogP contribution in [0.1, 0.15) is 37.6 Å². The van der Waals surface area contributed by atoms with E-state index in [1.807, 2.05) is 0 Å². The summed E-state index contributed by atoms with van der Waals surface area (Å²) in [6, 6.07) is 2.25. The third kappa shape index (κ3) is 3.50. The molecule has 1 unspecified atom stereocenters. The number of carbonyl (C=O) groups excluding carboxylic acids is 1. The molecule has 1 fully saturated rings. The van der Waals surface area contributed by atoms with Crippen LogP contribution in [-0.2, 0) is 4.79 Å². The van der Waals surface area contributed by atoms with Crippen molar-refractivity contribution >= 4 is 23.3 Å². The molecule has 0 saturated carbocycles. The third-order valence-electron chi connectivity index (χ3n) is 3.53. The second-order valence-corrected chi connectivity index (χ2v) is 6.90. The van der Waals surface area contributed by atoms with Crippen molar-refractivity contribution in [1.29, 1.82) is 0 Å². The maximum Gasteiger partial charge on any atom is 0.331 e. The number of amides is 2. The van der Waals surface area contributed by atoms with Gasteiger partial charge in [0, 0.05) is 18.0 Å². The van der Waals surface area contributed by atoms with Gasteiger partial charge in [-0.3, -0.25) is 0 Å². The zero-order valence-corrected chi connectivity index (χ0v) is 12.6. The number of rotatable bonds is 3. The Balaban J connectivity index is 2.04. The Morgan fingerprint density at radius 2 is 2.25 bits per heavy atom.